The van der Waals surface area contributed by atoms with E-state index in [-0.39, 0.29) is 5.82 Å². The van der Waals surface area contributed by atoms with Crippen molar-refractivity contribution in [3.05, 3.63) is 35.6 Å². The second-order valence-corrected chi connectivity index (χ2v) is 3.51. The van der Waals surface area contributed by atoms with Gasteiger partial charge < -0.3 is 4.74 Å². The average Bonchev–Trinajstić information content (AvgIpc) is 2.23. The third kappa shape index (κ3) is 2.53. The van der Waals surface area contributed by atoms with Crippen molar-refractivity contribution in [2.45, 2.75) is 6.54 Å². The van der Waals surface area contributed by atoms with Crippen LogP contribution in [0.4, 0.5) is 4.39 Å². The summed E-state index contributed by atoms with van der Waals surface area (Å²) in [5.41, 5.74) is 1.16. The summed E-state index contributed by atoms with van der Waals surface area (Å²) in [5, 5.41) is 0. The first-order valence-corrected chi connectivity index (χ1v) is 4.89. The van der Waals surface area contributed by atoms with Crippen molar-refractivity contribution in [3.8, 4) is 0 Å². The highest BCUT2D eigenvalue weighted by molar-refractivity contribution is 5.15. The fourth-order valence-electron chi connectivity index (χ4n) is 1.61. The molecular formula is C11H14FNO. The van der Waals surface area contributed by atoms with Gasteiger partial charge in [0.2, 0.25) is 0 Å². The molecule has 0 bridgehead atoms. The van der Waals surface area contributed by atoms with Crippen molar-refractivity contribution in [1.82, 2.24) is 4.90 Å². The molecule has 76 valence electrons. The number of ether oxygens (including phenoxy) is 1. The second-order valence-electron chi connectivity index (χ2n) is 3.51. The minimum Gasteiger partial charge on any atom is -0.379 e. The number of nitrogens with zero attached hydrogens (tertiary/aromatic N) is 1. The van der Waals surface area contributed by atoms with Crippen LogP contribution in [0.5, 0.6) is 0 Å². The highest BCUT2D eigenvalue weighted by Crippen LogP contribution is 2.07. The van der Waals surface area contributed by atoms with Gasteiger partial charge in [-0.15, -0.1) is 0 Å². The van der Waals surface area contributed by atoms with E-state index >= 15 is 0 Å². The van der Waals surface area contributed by atoms with E-state index in [1.165, 1.54) is 12.1 Å². The minimum atomic E-state index is -0.171. The van der Waals surface area contributed by atoms with Crippen LogP contribution in [-0.2, 0) is 11.3 Å². The zero-order valence-corrected chi connectivity index (χ0v) is 8.08. The first-order valence-electron chi connectivity index (χ1n) is 4.89. The average molecular weight is 194 g/mol. The van der Waals surface area contributed by atoms with Crippen LogP contribution in [0.25, 0.3) is 0 Å². The Balaban J connectivity index is 1.92. The van der Waals surface area contributed by atoms with Crippen LogP contribution in [0.15, 0.2) is 24.3 Å². The van der Waals surface area contributed by atoms with Gasteiger partial charge in [-0.25, -0.2) is 4.39 Å². The molecule has 0 amide bonds. The molecule has 2 nitrogen and oxygen atoms in total. The van der Waals surface area contributed by atoms with Crippen LogP contribution in [-0.4, -0.2) is 31.2 Å². The van der Waals surface area contributed by atoms with Gasteiger partial charge >= 0.3 is 0 Å². The summed E-state index contributed by atoms with van der Waals surface area (Å²) >= 11 is 0. The van der Waals surface area contributed by atoms with Crippen molar-refractivity contribution in [1.29, 1.82) is 0 Å². The lowest BCUT2D eigenvalue weighted by Crippen LogP contribution is -2.35. The molecule has 0 spiro atoms. The van der Waals surface area contributed by atoms with Crippen LogP contribution in [0.2, 0.25) is 0 Å². The molecule has 1 aliphatic rings. The molecule has 1 aromatic rings. The molecule has 0 aliphatic carbocycles. The van der Waals surface area contributed by atoms with E-state index in [4.69, 9.17) is 4.74 Å². The summed E-state index contributed by atoms with van der Waals surface area (Å²) in [7, 11) is 0. The summed E-state index contributed by atoms with van der Waals surface area (Å²) in [6.45, 7) is 4.45. The molecule has 0 radical (unpaired) electrons. The predicted molar refractivity (Wildman–Crippen MR) is 52.5 cm³/mol. The van der Waals surface area contributed by atoms with Gasteiger partial charge in [0.05, 0.1) is 13.2 Å². The van der Waals surface area contributed by atoms with Gasteiger partial charge in [-0.3, -0.25) is 4.90 Å². The van der Waals surface area contributed by atoms with Crippen molar-refractivity contribution in [3.63, 3.8) is 0 Å². The minimum absolute atomic E-state index is 0.171. The molecule has 2 rings (SSSR count). The van der Waals surface area contributed by atoms with Crippen molar-refractivity contribution >= 4 is 0 Å². The maximum atomic E-state index is 12.6. The Kier molecular flexibility index (Phi) is 3.11. The van der Waals surface area contributed by atoms with Crippen molar-refractivity contribution in [2.75, 3.05) is 26.3 Å². The first kappa shape index (κ1) is 9.62. The Morgan fingerprint density at radius 1 is 1.14 bits per heavy atom. The third-order valence-corrected chi connectivity index (χ3v) is 2.42. The molecule has 1 heterocycles. The monoisotopic (exact) mass is 194 g/mol. The van der Waals surface area contributed by atoms with E-state index in [1.54, 1.807) is 0 Å². The molecule has 1 saturated heterocycles. The molecule has 14 heavy (non-hydrogen) atoms. The molecule has 0 N–H and O–H groups in total. The van der Waals surface area contributed by atoms with Crippen LogP contribution in [0.1, 0.15) is 5.56 Å². The van der Waals surface area contributed by atoms with Crippen molar-refractivity contribution < 1.29 is 9.13 Å². The van der Waals surface area contributed by atoms with Crippen LogP contribution < -0.4 is 0 Å². The van der Waals surface area contributed by atoms with Crippen LogP contribution >= 0.6 is 0 Å². The quantitative estimate of drug-likeness (QED) is 0.710. The Morgan fingerprint density at radius 3 is 2.43 bits per heavy atom. The normalized spacial score (nSPS) is 18.4. The largest absolute Gasteiger partial charge is 0.379 e. The van der Waals surface area contributed by atoms with Gasteiger partial charge in [-0.1, -0.05) is 12.1 Å². The lowest BCUT2D eigenvalue weighted by molar-refractivity contribution is 0.0342. The first-order chi connectivity index (χ1) is 6.84. The summed E-state index contributed by atoms with van der Waals surface area (Å²) in [5.74, 6) is -0.171. The molecular weight excluding hydrogens is 180 g/mol. The molecule has 0 aromatic heterocycles. The van der Waals surface area contributed by atoms with E-state index in [0.29, 0.717) is 0 Å². The van der Waals surface area contributed by atoms with E-state index in [1.807, 2.05) is 12.1 Å². The van der Waals surface area contributed by atoms with Gasteiger partial charge in [-0.05, 0) is 17.7 Å². The van der Waals surface area contributed by atoms with Gasteiger partial charge in [0.1, 0.15) is 5.82 Å². The summed E-state index contributed by atoms with van der Waals surface area (Å²) in [6, 6.07) is 6.70. The van der Waals surface area contributed by atoms with Gasteiger partial charge in [0, 0.05) is 19.6 Å². The smallest absolute Gasteiger partial charge is 0.123 e. The molecule has 3 heteroatoms. The SMILES string of the molecule is [18F]c1ccc(CN2CCOCC2)cc1. The van der Waals surface area contributed by atoms with Gasteiger partial charge in [0.15, 0.2) is 0 Å². The molecule has 0 atom stereocenters. The Hall–Kier alpha value is -0.930. The zero-order chi connectivity index (χ0) is 9.80. The van der Waals surface area contributed by atoms with Crippen LogP contribution in [0.3, 0.4) is 0 Å². The second kappa shape index (κ2) is 4.53. The standard InChI is InChI=1S/C11H14FNO/c12-11-3-1-10(2-4-11)9-13-5-7-14-8-6-13/h1-4H,5-9H2/i12-1. The Morgan fingerprint density at radius 2 is 1.79 bits per heavy atom. The molecule has 1 aliphatic heterocycles. The van der Waals surface area contributed by atoms with E-state index < -0.39 is 0 Å². The van der Waals surface area contributed by atoms with Crippen LogP contribution in [0, 0.1) is 5.82 Å². The number of rotatable bonds is 2. The molecule has 1 fully saturated rings. The maximum Gasteiger partial charge on any atom is 0.123 e. The van der Waals surface area contributed by atoms with E-state index in [0.717, 1.165) is 38.4 Å². The topological polar surface area (TPSA) is 12.5 Å². The van der Waals surface area contributed by atoms with Crippen molar-refractivity contribution in [2.24, 2.45) is 0 Å². The van der Waals surface area contributed by atoms with E-state index in [9.17, 15) is 4.39 Å². The summed E-state index contributed by atoms with van der Waals surface area (Å²) in [6.07, 6.45) is 0. The Bertz CT molecular complexity index is 280. The Labute approximate surface area is 83.3 Å². The third-order valence-electron chi connectivity index (χ3n) is 2.42. The number of benzene rings is 1. The number of hydrogen-bond acceptors (Lipinski definition) is 2. The zero-order valence-electron chi connectivity index (χ0n) is 8.08. The highest BCUT2D eigenvalue weighted by atomic mass is 18.2. The highest BCUT2D eigenvalue weighted by Gasteiger charge is 2.10. The lowest BCUT2D eigenvalue weighted by Gasteiger charge is -2.26. The molecule has 0 unspecified atom stereocenters. The summed E-state index contributed by atoms with van der Waals surface area (Å²) < 4.78 is 17.9. The fourth-order valence-corrected chi connectivity index (χ4v) is 1.61. The van der Waals surface area contributed by atoms with Gasteiger partial charge in [-0.2, -0.15) is 0 Å². The summed E-state index contributed by atoms with van der Waals surface area (Å²) in [4.78, 5) is 2.32. The number of halogens is 1. The lowest BCUT2D eigenvalue weighted by atomic mass is 10.2. The number of hydrogen-bond donors (Lipinski definition) is 0. The maximum absolute atomic E-state index is 12.6. The molecule has 0 saturated carbocycles. The predicted octanol–water partition coefficient (Wildman–Crippen LogP) is 1.66. The van der Waals surface area contributed by atoms with Gasteiger partial charge in [0.25, 0.3) is 0 Å². The van der Waals surface area contributed by atoms with E-state index in [2.05, 4.69) is 4.90 Å². The molecule has 1 aromatic carbocycles. The number of morpholine rings is 1. The fraction of sp³-hybridized carbons (Fsp3) is 0.455.